The molecule has 112 valence electrons. The zero-order valence-electron chi connectivity index (χ0n) is 12.6. The summed E-state index contributed by atoms with van der Waals surface area (Å²) in [7, 11) is 4.32. The van der Waals surface area contributed by atoms with Crippen LogP contribution >= 0.6 is 11.6 Å². The van der Waals surface area contributed by atoms with Crippen molar-refractivity contribution < 1.29 is 0 Å². The van der Waals surface area contributed by atoms with E-state index in [1.807, 2.05) is 18.2 Å². The van der Waals surface area contributed by atoms with Crippen LogP contribution in [-0.2, 0) is 0 Å². The number of piperidine rings is 1. The van der Waals surface area contributed by atoms with E-state index in [0.29, 0.717) is 10.9 Å². The van der Waals surface area contributed by atoms with Crippen molar-refractivity contribution in [3.05, 3.63) is 29.5 Å². The van der Waals surface area contributed by atoms with Crippen LogP contribution in [0.15, 0.2) is 24.5 Å². The number of anilines is 1. The second-order valence-corrected chi connectivity index (χ2v) is 6.45. The molecule has 0 spiro atoms. The van der Waals surface area contributed by atoms with Gasteiger partial charge in [-0.3, -0.25) is 0 Å². The minimum atomic E-state index is 0.700. The molecule has 1 atom stereocenters. The Hall–Kier alpha value is -1.39. The van der Waals surface area contributed by atoms with Gasteiger partial charge in [-0.1, -0.05) is 11.6 Å². The fraction of sp³-hybridized carbons (Fsp3) is 0.500. The molecule has 0 bridgehead atoms. The first-order chi connectivity index (χ1) is 10.1. The van der Waals surface area contributed by atoms with E-state index in [9.17, 15) is 0 Å². The molecule has 0 radical (unpaired) electrons. The average molecular weight is 305 g/mol. The van der Waals surface area contributed by atoms with Gasteiger partial charge in [-0.2, -0.15) is 0 Å². The maximum atomic E-state index is 6.04. The molecule has 4 nitrogen and oxygen atoms in total. The Morgan fingerprint density at radius 2 is 2.24 bits per heavy atom. The second-order valence-electron chi connectivity index (χ2n) is 6.01. The van der Waals surface area contributed by atoms with E-state index in [2.05, 4.69) is 33.9 Å². The van der Waals surface area contributed by atoms with Crippen molar-refractivity contribution in [2.75, 3.05) is 38.6 Å². The Kier molecular flexibility index (Phi) is 4.27. The van der Waals surface area contributed by atoms with Crippen LogP contribution in [0.5, 0.6) is 0 Å². The lowest BCUT2D eigenvalue weighted by Crippen LogP contribution is -2.38. The van der Waals surface area contributed by atoms with E-state index < -0.39 is 0 Å². The Labute approximate surface area is 130 Å². The zero-order valence-corrected chi connectivity index (χ0v) is 13.3. The van der Waals surface area contributed by atoms with Crippen LogP contribution in [-0.4, -0.2) is 48.6 Å². The third-order valence-corrected chi connectivity index (χ3v) is 4.43. The summed E-state index contributed by atoms with van der Waals surface area (Å²) in [6, 6.07) is 5.81. The summed E-state index contributed by atoms with van der Waals surface area (Å²) < 4.78 is 0. The first-order valence-electron chi connectivity index (χ1n) is 7.43. The zero-order chi connectivity index (χ0) is 14.8. The topological polar surface area (TPSA) is 32.3 Å². The summed E-state index contributed by atoms with van der Waals surface area (Å²) in [4.78, 5) is 13.5. The highest BCUT2D eigenvalue weighted by Gasteiger charge is 2.20. The van der Waals surface area contributed by atoms with Crippen LogP contribution in [0.1, 0.15) is 12.8 Å². The fourth-order valence-electron chi connectivity index (χ4n) is 3.22. The summed E-state index contributed by atoms with van der Waals surface area (Å²) in [5.74, 6) is 1.69. The normalized spacial score (nSPS) is 19.9. The molecule has 2 heterocycles. The van der Waals surface area contributed by atoms with E-state index in [0.717, 1.165) is 23.3 Å². The van der Waals surface area contributed by atoms with Crippen LogP contribution < -0.4 is 4.90 Å². The summed E-state index contributed by atoms with van der Waals surface area (Å²) in [6.45, 7) is 3.41. The van der Waals surface area contributed by atoms with Crippen molar-refractivity contribution in [2.45, 2.75) is 12.8 Å². The van der Waals surface area contributed by atoms with Crippen molar-refractivity contribution in [1.29, 1.82) is 0 Å². The van der Waals surface area contributed by atoms with Crippen molar-refractivity contribution in [2.24, 2.45) is 5.92 Å². The van der Waals surface area contributed by atoms with Gasteiger partial charge >= 0.3 is 0 Å². The molecule has 0 N–H and O–H groups in total. The molecule has 21 heavy (non-hydrogen) atoms. The Bertz CT molecular complexity index is 631. The molecular weight excluding hydrogens is 284 g/mol. The van der Waals surface area contributed by atoms with Crippen LogP contribution in [0.3, 0.4) is 0 Å². The predicted molar refractivity (Wildman–Crippen MR) is 88.0 cm³/mol. The average Bonchev–Trinajstić information content (AvgIpc) is 2.46. The van der Waals surface area contributed by atoms with Crippen LogP contribution in [0.4, 0.5) is 5.82 Å². The molecular formula is C16H21ClN4. The Morgan fingerprint density at radius 1 is 1.38 bits per heavy atom. The van der Waals surface area contributed by atoms with E-state index in [1.165, 1.54) is 25.9 Å². The molecule has 1 aliphatic rings. The molecule has 1 aromatic carbocycles. The number of likely N-dealkylation sites (tertiary alicyclic amines) is 1. The smallest absolute Gasteiger partial charge is 0.139 e. The minimum Gasteiger partial charge on any atom is -0.359 e. The molecule has 0 amide bonds. The maximum absolute atomic E-state index is 6.04. The van der Waals surface area contributed by atoms with Gasteiger partial charge in [0.15, 0.2) is 0 Å². The van der Waals surface area contributed by atoms with Crippen molar-refractivity contribution >= 4 is 28.3 Å². The predicted octanol–water partition coefficient (Wildman–Crippen LogP) is 3.06. The number of hydrogen-bond acceptors (Lipinski definition) is 4. The van der Waals surface area contributed by atoms with Crippen molar-refractivity contribution in [3.63, 3.8) is 0 Å². The Balaban J connectivity index is 1.82. The summed E-state index contributed by atoms with van der Waals surface area (Å²) in [6.07, 6.45) is 4.20. The quantitative estimate of drug-likeness (QED) is 0.872. The SMILES string of the molecule is CN1CCCC(CN(C)c2ncnc3cc(Cl)ccc23)C1. The van der Waals surface area contributed by atoms with Crippen LogP contribution in [0, 0.1) is 5.92 Å². The van der Waals surface area contributed by atoms with Gasteiger partial charge in [-0.15, -0.1) is 0 Å². The highest BCUT2D eigenvalue weighted by atomic mass is 35.5. The molecule has 0 aliphatic carbocycles. The monoisotopic (exact) mass is 304 g/mol. The Morgan fingerprint density at radius 3 is 3.05 bits per heavy atom. The molecule has 0 saturated carbocycles. The standard InChI is InChI=1S/C16H21ClN4/c1-20-7-3-4-12(9-20)10-21(2)16-14-6-5-13(17)8-15(14)18-11-19-16/h5-6,8,11-12H,3-4,7,9-10H2,1-2H3. The highest BCUT2D eigenvalue weighted by Crippen LogP contribution is 2.26. The van der Waals surface area contributed by atoms with E-state index in [4.69, 9.17) is 11.6 Å². The lowest BCUT2D eigenvalue weighted by Gasteiger charge is -2.33. The van der Waals surface area contributed by atoms with Gasteiger partial charge in [0.1, 0.15) is 12.1 Å². The van der Waals surface area contributed by atoms with E-state index >= 15 is 0 Å². The lowest BCUT2D eigenvalue weighted by atomic mass is 9.98. The fourth-order valence-corrected chi connectivity index (χ4v) is 3.38. The molecule has 1 fully saturated rings. The molecule has 2 aromatic rings. The number of halogens is 1. The van der Waals surface area contributed by atoms with Crippen molar-refractivity contribution in [3.8, 4) is 0 Å². The molecule has 1 unspecified atom stereocenters. The van der Waals surface area contributed by atoms with E-state index in [1.54, 1.807) is 6.33 Å². The summed E-state index contributed by atoms with van der Waals surface area (Å²) in [5.41, 5.74) is 0.903. The first kappa shape index (κ1) is 14.5. The summed E-state index contributed by atoms with van der Waals surface area (Å²) in [5, 5.41) is 1.78. The second kappa shape index (κ2) is 6.16. The number of fused-ring (bicyclic) bond motifs is 1. The van der Waals surface area contributed by atoms with E-state index in [-0.39, 0.29) is 0 Å². The lowest BCUT2D eigenvalue weighted by molar-refractivity contribution is 0.213. The minimum absolute atomic E-state index is 0.700. The third kappa shape index (κ3) is 3.27. The largest absolute Gasteiger partial charge is 0.359 e. The number of rotatable bonds is 3. The highest BCUT2D eigenvalue weighted by molar-refractivity contribution is 6.31. The maximum Gasteiger partial charge on any atom is 0.139 e. The molecule has 1 aromatic heterocycles. The number of aromatic nitrogens is 2. The summed E-state index contributed by atoms with van der Waals surface area (Å²) >= 11 is 6.04. The van der Waals surface area contributed by atoms with Gasteiger partial charge < -0.3 is 9.80 Å². The number of benzene rings is 1. The third-order valence-electron chi connectivity index (χ3n) is 4.19. The van der Waals surface area contributed by atoms with Crippen LogP contribution in [0.25, 0.3) is 10.9 Å². The molecule has 5 heteroatoms. The number of nitrogens with zero attached hydrogens (tertiary/aromatic N) is 4. The van der Waals surface area contributed by atoms with Crippen LogP contribution in [0.2, 0.25) is 5.02 Å². The molecule has 1 saturated heterocycles. The first-order valence-corrected chi connectivity index (χ1v) is 7.81. The molecule has 3 rings (SSSR count). The number of hydrogen-bond donors (Lipinski definition) is 0. The van der Waals surface area contributed by atoms with Crippen molar-refractivity contribution in [1.82, 2.24) is 14.9 Å². The molecule has 1 aliphatic heterocycles. The van der Waals surface area contributed by atoms with Gasteiger partial charge in [-0.05, 0) is 50.6 Å². The van der Waals surface area contributed by atoms with Gasteiger partial charge in [0.05, 0.1) is 5.52 Å². The van der Waals surface area contributed by atoms with Gasteiger partial charge in [-0.25, -0.2) is 9.97 Å². The van der Waals surface area contributed by atoms with Gasteiger partial charge in [0.25, 0.3) is 0 Å². The van der Waals surface area contributed by atoms with Gasteiger partial charge in [0.2, 0.25) is 0 Å². The van der Waals surface area contributed by atoms with Gasteiger partial charge in [0, 0.05) is 30.5 Å².